The largest absolute Gasteiger partial charge is 0.400 e. The minimum absolute atomic E-state index is 0.469. The first kappa shape index (κ1) is 21.3. The number of carbonyl (C=O) groups is 1. The number of likely N-dealkylation sites (tertiary alicyclic amines) is 1. The van der Waals surface area contributed by atoms with E-state index in [0.29, 0.717) is 11.6 Å². The minimum Gasteiger partial charge on any atom is -0.400 e. The molecule has 3 rings (SSSR count). The molecular weight excluding hydrogens is 398 g/mol. The highest BCUT2D eigenvalue weighted by Crippen LogP contribution is 2.49. The van der Waals surface area contributed by atoms with Gasteiger partial charge >= 0.3 is 0 Å². The van der Waals surface area contributed by atoms with Gasteiger partial charge in [-0.1, -0.05) is 17.7 Å². The number of ether oxygens (including phenoxy) is 1. The quantitative estimate of drug-likeness (QED) is 0.448. The van der Waals surface area contributed by atoms with Crippen molar-refractivity contribution < 1.29 is 9.53 Å². The Kier molecular flexibility index (Phi) is 6.77. The van der Waals surface area contributed by atoms with Crippen LogP contribution in [0.3, 0.4) is 0 Å². The van der Waals surface area contributed by atoms with E-state index < -0.39 is 17.6 Å². The Morgan fingerprint density at radius 2 is 2.14 bits per heavy atom. The van der Waals surface area contributed by atoms with Crippen LogP contribution in [0.1, 0.15) is 30.1 Å². The highest BCUT2D eigenvalue weighted by molar-refractivity contribution is 7.98. The lowest BCUT2D eigenvalue weighted by atomic mass is 9.83. The summed E-state index contributed by atoms with van der Waals surface area (Å²) < 4.78 is 6.20. The van der Waals surface area contributed by atoms with Crippen molar-refractivity contribution in [1.29, 1.82) is 0 Å². The van der Waals surface area contributed by atoms with Gasteiger partial charge in [-0.15, -0.1) is 0 Å². The molecule has 7 nitrogen and oxygen atoms in total. The van der Waals surface area contributed by atoms with Gasteiger partial charge in [0.2, 0.25) is 0 Å². The van der Waals surface area contributed by atoms with Crippen molar-refractivity contribution in [2.24, 2.45) is 17.3 Å². The van der Waals surface area contributed by atoms with Crippen LogP contribution in [0, 0.1) is 0 Å². The SMILES string of the molecule is CSCCN(N)/C=C(\N)CN1CCC2(CC1)OC(C(N)=O)c1ccc(Cl)cc12. The van der Waals surface area contributed by atoms with Crippen molar-refractivity contribution in [1.82, 2.24) is 9.91 Å². The molecule has 1 atom stereocenters. The van der Waals surface area contributed by atoms with Gasteiger partial charge in [0.05, 0.1) is 5.60 Å². The number of hydrazine groups is 1. The smallest absolute Gasteiger partial charge is 0.251 e. The number of halogens is 1. The third kappa shape index (κ3) is 4.58. The summed E-state index contributed by atoms with van der Waals surface area (Å²) in [6.07, 6.45) is 4.62. The summed E-state index contributed by atoms with van der Waals surface area (Å²) >= 11 is 7.95. The molecule has 6 N–H and O–H groups in total. The van der Waals surface area contributed by atoms with Gasteiger partial charge in [-0.3, -0.25) is 9.69 Å². The number of nitrogens with two attached hydrogens (primary N) is 3. The summed E-state index contributed by atoms with van der Waals surface area (Å²) in [5.74, 6) is 6.42. The third-order valence-electron chi connectivity index (χ3n) is 5.35. The molecule has 2 aliphatic rings. The predicted molar refractivity (Wildman–Crippen MR) is 113 cm³/mol. The molecule has 0 bridgehead atoms. The van der Waals surface area contributed by atoms with E-state index in [9.17, 15) is 4.79 Å². The maximum absolute atomic E-state index is 11.9. The fourth-order valence-corrected chi connectivity index (χ4v) is 4.51. The Morgan fingerprint density at radius 3 is 2.79 bits per heavy atom. The Labute approximate surface area is 175 Å². The summed E-state index contributed by atoms with van der Waals surface area (Å²) in [5.41, 5.74) is 13.7. The van der Waals surface area contributed by atoms with E-state index in [4.69, 9.17) is 33.6 Å². The van der Waals surface area contributed by atoms with Gasteiger partial charge in [0, 0.05) is 48.9 Å². The van der Waals surface area contributed by atoms with Crippen molar-refractivity contribution in [2.75, 3.05) is 38.2 Å². The summed E-state index contributed by atoms with van der Waals surface area (Å²) in [7, 11) is 0. The molecule has 1 amide bonds. The fraction of sp³-hybridized carbons (Fsp3) is 0.526. The number of benzene rings is 1. The minimum atomic E-state index is -0.717. The molecule has 2 aliphatic heterocycles. The molecule has 2 heterocycles. The van der Waals surface area contributed by atoms with Crippen molar-refractivity contribution >= 4 is 29.3 Å². The number of hydrogen-bond donors (Lipinski definition) is 3. The molecule has 1 fully saturated rings. The lowest BCUT2D eigenvalue weighted by Crippen LogP contribution is -2.44. The molecule has 1 aromatic carbocycles. The summed E-state index contributed by atoms with van der Waals surface area (Å²) in [5, 5.41) is 2.27. The monoisotopic (exact) mass is 425 g/mol. The molecule has 0 aromatic heterocycles. The summed E-state index contributed by atoms with van der Waals surface area (Å²) in [6, 6.07) is 5.52. The van der Waals surface area contributed by atoms with Crippen LogP contribution >= 0.6 is 23.4 Å². The van der Waals surface area contributed by atoms with E-state index in [1.165, 1.54) is 0 Å². The first-order chi connectivity index (χ1) is 13.3. The first-order valence-corrected chi connectivity index (χ1v) is 11.1. The van der Waals surface area contributed by atoms with Gasteiger partial charge in [-0.25, -0.2) is 5.84 Å². The van der Waals surface area contributed by atoms with Crippen LogP contribution < -0.4 is 17.3 Å². The summed E-state index contributed by atoms with van der Waals surface area (Å²) in [4.78, 5) is 14.1. The number of hydrogen-bond acceptors (Lipinski definition) is 7. The maximum atomic E-state index is 11.9. The van der Waals surface area contributed by atoms with Gasteiger partial charge < -0.3 is 21.2 Å². The number of nitrogens with zero attached hydrogens (tertiary/aromatic N) is 2. The number of fused-ring (bicyclic) bond motifs is 2. The van der Waals surface area contributed by atoms with Crippen LogP contribution in [0.5, 0.6) is 0 Å². The molecule has 1 spiro atoms. The molecule has 0 radical (unpaired) electrons. The molecule has 28 heavy (non-hydrogen) atoms. The van der Waals surface area contributed by atoms with Crippen molar-refractivity contribution in [3.63, 3.8) is 0 Å². The van der Waals surface area contributed by atoms with E-state index >= 15 is 0 Å². The first-order valence-electron chi connectivity index (χ1n) is 9.30. The van der Waals surface area contributed by atoms with E-state index in [-0.39, 0.29) is 0 Å². The molecule has 154 valence electrons. The predicted octanol–water partition coefficient (Wildman–Crippen LogP) is 1.53. The number of carbonyl (C=O) groups excluding carboxylic acids is 1. The number of thioether (sulfide) groups is 1. The van der Waals surface area contributed by atoms with E-state index in [0.717, 1.165) is 55.1 Å². The highest BCUT2D eigenvalue weighted by atomic mass is 35.5. The van der Waals surface area contributed by atoms with E-state index in [2.05, 4.69) is 4.90 Å². The number of rotatable bonds is 7. The van der Waals surface area contributed by atoms with Gasteiger partial charge in [0.1, 0.15) is 0 Å². The lowest BCUT2D eigenvalue weighted by molar-refractivity contribution is -0.147. The van der Waals surface area contributed by atoms with Crippen LogP contribution in [0.25, 0.3) is 0 Å². The van der Waals surface area contributed by atoms with Crippen LogP contribution in [0.15, 0.2) is 30.1 Å². The van der Waals surface area contributed by atoms with Crippen molar-refractivity contribution in [3.8, 4) is 0 Å². The van der Waals surface area contributed by atoms with Crippen molar-refractivity contribution in [2.45, 2.75) is 24.5 Å². The Balaban J connectivity index is 1.66. The zero-order valence-electron chi connectivity index (χ0n) is 16.1. The van der Waals surface area contributed by atoms with Gasteiger partial charge in [-0.05, 0) is 42.4 Å². The average molecular weight is 426 g/mol. The maximum Gasteiger partial charge on any atom is 0.251 e. The standard InChI is InChI=1S/C19H28ClN5O2S/c1-28-9-8-25(23)12-14(21)11-24-6-4-19(5-7-24)16-10-13(20)2-3-15(16)17(27-19)18(22)26/h2-3,10,12,17H,4-9,11,21,23H2,1H3,(H2,22,26)/b14-12-. The van der Waals surface area contributed by atoms with Crippen LogP contribution in [0.2, 0.25) is 5.02 Å². The van der Waals surface area contributed by atoms with Crippen LogP contribution in [0.4, 0.5) is 0 Å². The zero-order chi connectivity index (χ0) is 20.3. The normalized spacial score (nSPS) is 21.7. The Hall–Kier alpha value is -1.45. The number of amides is 1. The molecule has 1 saturated heterocycles. The second-order valence-corrected chi connectivity index (χ2v) is 8.76. The second-order valence-electron chi connectivity index (χ2n) is 7.34. The van der Waals surface area contributed by atoms with Crippen LogP contribution in [-0.4, -0.2) is 54.0 Å². The number of piperidine rings is 1. The van der Waals surface area contributed by atoms with E-state index in [1.54, 1.807) is 29.0 Å². The Bertz CT molecular complexity index is 752. The van der Waals surface area contributed by atoms with Gasteiger partial charge in [-0.2, -0.15) is 11.8 Å². The molecule has 0 saturated carbocycles. The lowest BCUT2D eigenvalue weighted by Gasteiger charge is -2.39. The average Bonchev–Trinajstić information content (AvgIpc) is 2.96. The van der Waals surface area contributed by atoms with Crippen LogP contribution in [-0.2, 0) is 15.1 Å². The Morgan fingerprint density at radius 1 is 1.43 bits per heavy atom. The molecule has 1 unspecified atom stereocenters. The topological polar surface area (TPSA) is 111 Å². The third-order valence-corrected chi connectivity index (χ3v) is 6.17. The number of primary amides is 1. The van der Waals surface area contributed by atoms with E-state index in [1.807, 2.05) is 18.4 Å². The van der Waals surface area contributed by atoms with Gasteiger partial charge in [0.25, 0.3) is 5.91 Å². The fourth-order valence-electron chi connectivity index (χ4n) is 3.95. The second kappa shape index (κ2) is 8.92. The van der Waals surface area contributed by atoms with Gasteiger partial charge in [0.15, 0.2) is 6.10 Å². The van der Waals surface area contributed by atoms with Crippen molar-refractivity contribution in [3.05, 3.63) is 46.2 Å². The zero-order valence-corrected chi connectivity index (χ0v) is 17.6. The molecule has 0 aliphatic carbocycles. The highest BCUT2D eigenvalue weighted by Gasteiger charge is 2.48. The molecule has 1 aromatic rings. The summed E-state index contributed by atoms with van der Waals surface area (Å²) in [6.45, 7) is 2.98. The molecule has 9 heteroatoms. The molecular formula is C19H28ClN5O2S.